The van der Waals surface area contributed by atoms with Crippen LogP contribution in [0.3, 0.4) is 0 Å². The molecule has 5 nitrogen and oxygen atoms in total. The van der Waals surface area contributed by atoms with Crippen molar-refractivity contribution in [1.82, 2.24) is 5.32 Å². The lowest BCUT2D eigenvalue weighted by atomic mass is 9.70. The van der Waals surface area contributed by atoms with Gasteiger partial charge in [0.05, 0.1) is 7.11 Å². The molecule has 1 amide bonds. The highest BCUT2D eigenvalue weighted by Crippen LogP contribution is 2.45. The summed E-state index contributed by atoms with van der Waals surface area (Å²) in [5.74, 6) is 0.463. The van der Waals surface area contributed by atoms with Gasteiger partial charge in [0.25, 0.3) is 5.91 Å². The minimum atomic E-state index is -0.124. The number of nitrogens with one attached hydrogen (secondary N) is 2. The van der Waals surface area contributed by atoms with Crippen LogP contribution in [0.15, 0.2) is 0 Å². The van der Waals surface area contributed by atoms with E-state index in [0.29, 0.717) is 28.3 Å². The second-order valence-electron chi connectivity index (χ2n) is 5.98. The van der Waals surface area contributed by atoms with E-state index in [1.807, 2.05) is 6.92 Å². The number of hydrogen-bond acceptors (Lipinski definition) is 5. The Morgan fingerprint density at radius 3 is 2.71 bits per heavy atom. The molecule has 1 aliphatic carbocycles. The van der Waals surface area contributed by atoms with Gasteiger partial charge in [-0.15, -0.1) is 11.3 Å². The molecule has 0 spiro atoms. The number of anilines is 2. The highest BCUT2D eigenvalue weighted by molar-refractivity contribution is 7.19. The van der Waals surface area contributed by atoms with E-state index < -0.39 is 0 Å². The van der Waals surface area contributed by atoms with Crippen molar-refractivity contribution >= 4 is 27.9 Å². The molecule has 6 heteroatoms. The van der Waals surface area contributed by atoms with Gasteiger partial charge in [-0.3, -0.25) is 4.79 Å². The van der Waals surface area contributed by atoms with Crippen molar-refractivity contribution in [3.8, 4) is 5.75 Å². The standard InChI is InChI=1S/C15H25N3O2S/c1-4-8-17-13(19)12-10(16)11(20-3)14(21-12)18-9-15(2)6-5-7-15/h18H,4-9,16H2,1-3H3,(H,17,19). The maximum atomic E-state index is 12.1. The average Bonchev–Trinajstić information content (AvgIpc) is 2.76. The first-order valence-electron chi connectivity index (χ1n) is 7.49. The van der Waals surface area contributed by atoms with Crippen LogP contribution < -0.4 is 21.1 Å². The molecule has 0 saturated heterocycles. The van der Waals surface area contributed by atoms with Crippen LogP contribution in [0.4, 0.5) is 10.7 Å². The number of nitrogens with two attached hydrogens (primary N) is 1. The van der Waals surface area contributed by atoms with Crippen molar-refractivity contribution in [1.29, 1.82) is 0 Å². The summed E-state index contributed by atoms with van der Waals surface area (Å²) in [6.45, 7) is 5.84. The molecular formula is C15H25N3O2S. The average molecular weight is 311 g/mol. The van der Waals surface area contributed by atoms with E-state index in [2.05, 4.69) is 17.6 Å². The summed E-state index contributed by atoms with van der Waals surface area (Å²) in [5, 5.41) is 7.12. The Balaban J connectivity index is 2.11. The Kier molecular flexibility index (Phi) is 4.98. The number of ether oxygens (including phenoxy) is 1. The zero-order chi connectivity index (χ0) is 15.5. The smallest absolute Gasteiger partial charge is 0.263 e. The molecule has 0 bridgehead atoms. The van der Waals surface area contributed by atoms with Crippen molar-refractivity contribution in [2.24, 2.45) is 5.41 Å². The molecule has 1 aromatic rings. The monoisotopic (exact) mass is 311 g/mol. The first-order chi connectivity index (χ1) is 10.0. The number of amides is 1. The molecule has 0 unspecified atom stereocenters. The van der Waals surface area contributed by atoms with E-state index in [-0.39, 0.29) is 5.91 Å². The molecule has 1 fully saturated rings. The second-order valence-corrected chi connectivity index (χ2v) is 7.00. The molecule has 1 saturated carbocycles. The van der Waals surface area contributed by atoms with Gasteiger partial charge in [-0.1, -0.05) is 20.3 Å². The van der Waals surface area contributed by atoms with Gasteiger partial charge in [-0.2, -0.15) is 0 Å². The fourth-order valence-electron chi connectivity index (χ4n) is 2.49. The lowest BCUT2D eigenvalue weighted by Crippen LogP contribution is -2.33. The van der Waals surface area contributed by atoms with Gasteiger partial charge < -0.3 is 21.1 Å². The molecule has 4 N–H and O–H groups in total. The SMILES string of the molecule is CCCNC(=O)c1sc(NCC2(C)CCC2)c(OC)c1N. The van der Waals surface area contributed by atoms with Gasteiger partial charge >= 0.3 is 0 Å². The van der Waals surface area contributed by atoms with Crippen molar-refractivity contribution in [2.75, 3.05) is 31.2 Å². The lowest BCUT2D eigenvalue weighted by Gasteiger charge is -2.38. The number of hydrogen-bond donors (Lipinski definition) is 3. The molecule has 0 radical (unpaired) electrons. The Labute approximate surface area is 130 Å². The van der Waals surface area contributed by atoms with Crippen LogP contribution in [0.2, 0.25) is 0 Å². The second kappa shape index (κ2) is 6.56. The van der Waals surface area contributed by atoms with Crippen LogP contribution in [0.1, 0.15) is 49.2 Å². The third kappa shape index (κ3) is 3.43. The van der Waals surface area contributed by atoms with Gasteiger partial charge in [0.2, 0.25) is 0 Å². The zero-order valence-electron chi connectivity index (χ0n) is 13.0. The molecule has 118 valence electrons. The summed E-state index contributed by atoms with van der Waals surface area (Å²) < 4.78 is 5.37. The number of rotatable bonds is 7. The molecule has 0 atom stereocenters. The number of carbonyl (C=O) groups is 1. The van der Waals surface area contributed by atoms with Gasteiger partial charge in [-0.25, -0.2) is 0 Å². The molecule has 21 heavy (non-hydrogen) atoms. The predicted octanol–water partition coefficient (Wildman–Crippen LogP) is 3.08. The normalized spacial score (nSPS) is 16.1. The Morgan fingerprint density at radius 2 is 2.19 bits per heavy atom. The molecule has 0 aliphatic heterocycles. The highest BCUT2D eigenvalue weighted by atomic mass is 32.1. The summed E-state index contributed by atoms with van der Waals surface area (Å²) in [4.78, 5) is 12.6. The Hall–Kier alpha value is -1.43. The van der Waals surface area contributed by atoms with Gasteiger partial charge in [-0.05, 0) is 24.7 Å². The minimum absolute atomic E-state index is 0.124. The maximum Gasteiger partial charge on any atom is 0.263 e. The predicted molar refractivity (Wildman–Crippen MR) is 88.4 cm³/mol. The molecule has 1 heterocycles. The summed E-state index contributed by atoms with van der Waals surface area (Å²) in [7, 11) is 1.59. The van der Waals surface area contributed by atoms with Crippen LogP contribution in [0.5, 0.6) is 5.75 Å². The van der Waals surface area contributed by atoms with E-state index in [1.54, 1.807) is 7.11 Å². The minimum Gasteiger partial charge on any atom is -0.492 e. The third-order valence-electron chi connectivity index (χ3n) is 4.08. The number of thiophene rings is 1. The lowest BCUT2D eigenvalue weighted by molar-refractivity contribution is 0.0958. The van der Waals surface area contributed by atoms with E-state index in [9.17, 15) is 4.79 Å². The molecule has 0 aromatic carbocycles. The van der Waals surface area contributed by atoms with Gasteiger partial charge in [0.15, 0.2) is 5.75 Å². The first-order valence-corrected chi connectivity index (χ1v) is 8.30. The fraction of sp³-hybridized carbons (Fsp3) is 0.667. The van der Waals surface area contributed by atoms with Gasteiger partial charge in [0, 0.05) is 13.1 Å². The summed E-state index contributed by atoms with van der Waals surface area (Å²) >= 11 is 1.37. The Morgan fingerprint density at radius 1 is 1.48 bits per heavy atom. The topological polar surface area (TPSA) is 76.4 Å². The summed E-state index contributed by atoms with van der Waals surface area (Å²) in [5.41, 5.74) is 6.84. The van der Waals surface area contributed by atoms with Crippen LogP contribution in [-0.4, -0.2) is 26.1 Å². The van der Waals surface area contributed by atoms with Crippen molar-refractivity contribution in [3.63, 3.8) is 0 Å². The van der Waals surface area contributed by atoms with Crippen LogP contribution in [-0.2, 0) is 0 Å². The zero-order valence-corrected chi connectivity index (χ0v) is 13.9. The molecule has 2 rings (SSSR count). The first kappa shape index (κ1) is 15.9. The Bertz CT molecular complexity index is 509. The number of methoxy groups -OCH3 is 1. The fourth-order valence-corrected chi connectivity index (χ4v) is 3.49. The third-order valence-corrected chi connectivity index (χ3v) is 5.23. The van der Waals surface area contributed by atoms with Crippen LogP contribution in [0.25, 0.3) is 0 Å². The molecule has 1 aromatic heterocycles. The van der Waals surface area contributed by atoms with Crippen molar-refractivity contribution in [3.05, 3.63) is 4.88 Å². The van der Waals surface area contributed by atoms with E-state index in [1.165, 1.54) is 30.6 Å². The van der Waals surface area contributed by atoms with Crippen LogP contribution >= 0.6 is 11.3 Å². The number of carbonyl (C=O) groups excluding carboxylic acids is 1. The van der Waals surface area contributed by atoms with Crippen molar-refractivity contribution < 1.29 is 9.53 Å². The summed E-state index contributed by atoms with van der Waals surface area (Å²) in [6.07, 6.45) is 4.68. The molecule has 1 aliphatic rings. The highest BCUT2D eigenvalue weighted by Gasteiger charge is 2.32. The quantitative estimate of drug-likeness (QED) is 0.723. The van der Waals surface area contributed by atoms with E-state index in [0.717, 1.165) is 18.0 Å². The van der Waals surface area contributed by atoms with Gasteiger partial charge in [0.1, 0.15) is 15.6 Å². The van der Waals surface area contributed by atoms with E-state index in [4.69, 9.17) is 10.5 Å². The largest absolute Gasteiger partial charge is 0.492 e. The van der Waals surface area contributed by atoms with Crippen molar-refractivity contribution in [2.45, 2.75) is 39.5 Å². The van der Waals surface area contributed by atoms with Crippen LogP contribution in [0, 0.1) is 5.41 Å². The number of nitrogen functional groups attached to an aromatic ring is 1. The maximum absolute atomic E-state index is 12.1. The van der Waals surface area contributed by atoms with E-state index >= 15 is 0 Å². The molecular weight excluding hydrogens is 286 g/mol. The summed E-state index contributed by atoms with van der Waals surface area (Å²) in [6, 6.07) is 0.